The molecule has 0 aliphatic carbocycles. The fourth-order valence-corrected chi connectivity index (χ4v) is 2.80. The Balaban J connectivity index is 1.79. The number of epoxide rings is 1. The zero-order chi connectivity index (χ0) is 14.5. The molecule has 0 aromatic rings. The van der Waals surface area contributed by atoms with Crippen LogP contribution in [0.4, 0.5) is 0 Å². The summed E-state index contributed by atoms with van der Waals surface area (Å²) in [5.74, 6) is 0. The second-order valence-corrected chi connectivity index (χ2v) is 6.33. The second kappa shape index (κ2) is 12.4. The molecule has 1 nitrogen and oxygen atoms in total. The molecular weight excluding hydrogens is 244 g/mol. The SMILES string of the molecule is CCCCCCCCC/C=C\C[C@H]1O[C@H]1CCCCC. The summed E-state index contributed by atoms with van der Waals surface area (Å²) in [4.78, 5) is 0. The van der Waals surface area contributed by atoms with Crippen LogP contribution in [0.3, 0.4) is 0 Å². The third-order valence-corrected chi connectivity index (χ3v) is 4.29. The topological polar surface area (TPSA) is 12.5 Å². The molecule has 0 spiro atoms. The lowest BCUT2D eigenvalue weighted by Crippen LogP contribution is -1.92. The zero-order valence-corrected chi connectivity index (χ0v) is 13.9. The summed E-state index contributed by atoms with van der Waals surface area (Å²) in [6.07, 6.45) is 23.4. The largest absolute Gasteiger partial charge is 0.369 e. The highest BCUT2D eigenvalue weighted by molar-refractivity contribution is 4.93. The van der Waals surface area contributed by atoms with Crippen LogP contribution in [0, 0.1) is 0 Å². The van der Waals surface area contributed by atoms with Crippen molar-refractivity contribution >= 4 is 0 Å². The number of ether oxygens (including phenoxy) is 1. The Morgan fingerprint density at radius 2 is 1.35 bits per heavy atom. The van der Waals surface area contributed by atoms with E-state index in [9.17, 15) is 0 Å². The first kappa shape index (κ1) is 17.8. The van der Waals surface area contributed by atoms with E-state index in [-0.39, 0.29) is 0 Å². The Morgan fingerprint density at radius 1 is 0.700 bits per heavy atom. The van der Waals surface area contributed by atoms with Gasteiger partial charge in [0, 0.05) is 0 Å². The Morgan fingerprint density at radius 3 is 2.10 bits per heavy atom. The van der Waals surface area contributed by atoms with Crippen LogP contribution in [0.5, 0.6) is 0 Å². The van der Waals surface area contributed by atoms with Crippen molar-refractivity contribution in [1.29, 1.82) is 0 Å². The summed E-state index contributed by atoms with van der Waals surface area (Å²) in [5, 5.41) is 0. The average Bonchev–Trinajstić information content (AvgIpc) is 3.20. The Kier molecular flexibility index (Phi) is 11.0. The van der Waals surface area contributed by atoms with Crippen molar-refractivity contribution in [2.45, 2.75) is 110 Å². The smallest absolute Gasteiger partial charge is 0.0876 e. The molecule has 0 saturated carbocycles. The highest BCUT2D eigenvalue weighted by Crippen LogP contribution is 2.30. The van der Waals surface area contributed by atoms with Crippen molar-refractivity contribution in [2.24, 2.45) is 0 Å². The zero-order valence-electron chi connectivity index (χ0n) is 13.9. The van der Waals surface area contributed by atoms with E-state index in [0.29, 0.717) is 12.2 Å². The summed E-state index contributed by atoms with van der Waals surface area (Å²) in [5.41, 5.74) is 0. The van der Waals surface area contributed by atoms with Crippen molar-refractivity contribution in [3.8, 4) is 0 Å². The van der Waals surface area contributed by atoms with Gasteiger partial charge in [0.25, 0.3) is 0 Å². The Labute approximate surface area is 127 Å². The van der Waals surface area contributed by atoms with Crippen LogP contribution in [0.15, 0.2) is 12.2 Å². The number of hydrogen-bond donors (Lipinski definition) is 0. The molecule has 0 N–H and O–H groups in total. The minimum absolute atomic E-state index is 0.553. The van der Waals surface area contributed by atoms with Gasteiger partial charge in [-0.2, -0.15) is 0 Å². The van der Waals surface area contributed by atoms with Crippen LogP contribution in [0.2, 0.25) is 0 Å². The van der Waals surface area contributed by atoms with Gasteiger partial charge >= 0.3 is 0 Å². The number of allylic oxidation sites excluding steroid dienone is 1. The van der Waals surface area contributed by atoms with E-state index in [2.05, 4.69) is 26.0 Å². The molecular formula is C19H36O. The summed E-state index contributed by atoms with van der Waals surface area (Å²) < 4.78 is 5.69. The molecule has 0 bridgehead atoms. The monoisotopic (exact) mass is 280 g/mol. The van der Waals surface area contributed by atoms with E-state index in [0.717, 1.165) is 6.42 Å². The highest BCUT2D eigenvalue weighted by atomic mass is 16.6. The molecule has 2 atom stereocenters. The molecule has 0 aromatic carbocycles. The van der Waals surface area contributed by atoms with Crippen molar-refractivity contribution in [3.63, 3.8) is 0 Å². The normalized spacial score (nSPS) is 21.7. The summed E-state index contributed by atoms with van der Waals surface area (Å²) in [6.45, 7) is 4.54. The summed E-state index contributed by atoms with van der Waals surface area (Å²) in [6, 6.07) is 0. The molecule has 1 saturated heterocycles. The third kappa shape index (κ3) is 9.58. The van der Waals surface area contributed by atoms with E-state index in [1.54, 1.807) is 0 Å². The van der Waals surface area contributed by atoms with Crippen molar-refractivity contribution in [2.75, 3.05) is 0 Å². The Hall–Kier alpha value is -0.300. The quantitative estimate of drug-likeness (QED) is 0.203. The van der Waals surface area contributed by atoms with Crippen molar-refractivity contribution < 1.29 is 4.74 Å². The van der Waals surface area contributed by atoms with Crippen LogP contribution in [0.1, 0.15) is 97.3 Å². The number of rotatable bonds is 14. The van der Waals surface area contributed by atoms with Crippen LogP contribution in [-0.4, -0.2) is 12.2 Å². The van der Waals surface area contributed by atoms with Gasteiger partial charge in [0.05, 0.1) is 12.2 Å². The molecule has 1 heteroatoms. The minimum Gasteiger partial charge on any atom is -0.369 e. The lowest BCUT2D eigenvalue weighted by atomic mass is 10.1. The predicted molar refractivity (Wildman–Crippen MR) is 89.2 cm³/mol. The van der Waals surface area contributed by atoms with Gasteiger partial charge in [-0.15, -0.1) is 0 Å². The molecule has 1 rings (SSSR count). The van der Waals surface area contributed by atoms with Crippen LogP contribution in [0.25, 0.3) is 0 Å². The van der Waals surface area contributed by atoms with Gasteiger partial charge in [0.2, 0.25) is 0 Å². The molecule has 0 radical (unpaired) electrons. The lowest BCUT2D eigenvalue weighted by Gasteiger charge is -1.98. The minimum atomic E-state index is 0.553. The van der Waals surface area contributed by atoms with Gasteiger partial charge in [-0.05, 0) is 25.7 Å². The van der Waals surface area contributed by atoms with E-state index in [1.165, 1.54) is 77.0 Å². The maximum atomic E-state index is 5.69. The first-order valence-corrected chi connectivity index (χ1v) is 9.19. The molecule has 20 heavy (non-hydrogen) atoms. The molecule has 1 aliphatic rings. The van der Waals surface area contributed by atoms with Crippen LogP contribution in [-0.2, 0) is 4.74 Å². The molecule has 0 unspecified atom stereocenters. The standard InChI is InChI=1S/C19H36O/c1-3-5-7-8-9-10-11-12-13-15-17-19-18(20-19)16-14-6-4-2/h13,15,18-19H,3-12,14,16-17H2,1-2H3/b15-13-/t18-,19+/m0/s1. The fourth-order valence-electron chi connectivity index (χ4n) is 2.80. The Bertz CT molecular complexity index is 234. The van der Waals surface area contributed by atoms with Crippen molar-refractivity contribution in [1.82, 2.24) is 0 Å². The highest BCUT2D eigenvalue weighted by Gasteiger charge is 2.36. The van der Waals surface area contributed by atoms with Crippen molar-refractivity contribution in [3.05, 3.63) is 12.2 Å². The predicted octanol–water partition coefficient (Wildman–Crippen LogP) is 6.42. The maximum Gasteiger partial charge on any atom is 0.0876 e. The number of unbranched alkanes of at least 4 members (excludes halogenated alkanes) is 9. The second-order valence-electron chi connectivity index (χ2n) is 6.33. The molecule has 1 heterocycles. The molecule has 118 valence electrons. The van der Waals surface area contributed by atoms with Crippen LogP contribution >= 0.6 is 0 Å². The van der Waals surface area contributed by atoms with Gasteiger partial charge in [-0.25, -0.2) is 0 Å². The molecule has 0 amide bonds. The van der Waals surface area contributed by atoms with E-state index in [4.69, 9.17) is 4.74 Å². The van der Waals surface area contributed by atoms with Gasteiger partial charge in [0.15, 0.2) is 0 Å². The van der Waals surface area contributed by atoms with Gasteiger partial charge < -0.3 is 4.74 Å². The average molecular weight is 280 g/mol. The first-order chi connectivity index (χ1) is 9.88. The molecule has 1 aliphatic heterocycles. The number of hydrogen-bond acceptors (Lipinski definition) is 1. The van der Waals surface area contributed by atoms with Gasteiger partial charge in [-0.3, -0.25) is 0 Å². The summed E-state index contributed by atoms with van der Waals surface area (Å²) >= 11 is 0. The third-order valence-electron chi connectivity index (χ3n) is 4.29. The molecule has 0 aromatic heterocycles. The first-order valence-electron chi connectivity index (χ1n) is 9.19. The lowest BCUT2D eigenvalue weighted by molar-refractivity contribution is 0.359. The van der Waals surface area contributed by atoms with E-state index >= 15 is 0 Å². The fraction of sp³-hybridized carbons (Fsp3) is 0.895. The maximum absolute atomic E-state index is 5.69. The van der Waals surface area contributed by atoms with E-state index in [1.807, 2.05) is 0 Å². The van der Waals surface area contributed by atoms with Crippen LogP contribution < -0.4 is 0 Å². The van der Waals surface area contributed by atoms with Gasteiger partial charge in [0.1, 0.15) is 0 Å². The van der Waals surface area contributed by atoms with E-state index < -0.39 is 0 Å². The van der Waals surface area contributed by atoms with Gasteiger partial charge in [-0.1, -0.05) is 83.8 Å². The molecule has 1 fully saturated rings. The summed E-state index contributed by atoms with van der Waals surface area (Å²) in [7, 11) is 0.